The molecule has 2 aromatic carbocycles. The lowest BCUT2D eigenvalue weighted by atomic mass is 9.62. The second-order valence-electron chi connectivity index (χ2n) is 4.90. The Morgan fingerprint density at radius 2 is 0.652 bits per heavy atom. The molecule has 0 amide bonds. The van der Waals surface area contributed by atoms with Gasteiger partial charge in [-0.2, -0.15) is 0 Å². The molecule has 0 heterocycles. The minimum atomic E-state index is -1.89. The molecule has 0 radical (unpaired) electrons. The van der Waals surface area contributed by atoms with Crippen molar-refractivity contribution in [3.63, 3.8) is 0 Å². The van der Waals surface area contributed by atoms with Crippen LogP contribution in [0.1, 0.15) is 11.1 Å². The Kier molecular flexibility index (Phi) is 4.41. The molecule has 0 aliphatic rings. The molecule has 0 saturated heterocycles. The lowest BCUT2D eigenvalue weighted by Gasteiger charge is -2.12. The number of hydrogen-bond donors (Lipinski definition) is 0. The second kappa shape index (κ2) is 5.86. The highest BCUT2D eigenvalue weighted by molar-refractivity contribution is 6.67. The number of benzene rings is 2. The van der Waals surface area contributed by atoms with Gasteiger partial charge in [0.15, 0.2) is 46.5 Å². The SMILES string of the molecule is Cc1c(F)c(F)c(Bc2c(F)c(F)c(C)c(F)c2F)c(F)c1F. The summed E-state index contributed by atoms with van der Waals surface area (Å²) in [5.41, 5.74) is -4.67. The summed E-state index contributed by atoms with van der Waals surface area (Å²) in [6.45, 7) is 1.51. The fourth-order valence-corrected chi connectivity index (χ4v) is 2.06. The van der Waals surface area contributed by atoms with Crippen molar-refractivity contribution in [3.8, 4) is 0 Å². The van der Waals surface area contributed by atoms with Crippen LogP contribution in [-0.2, 0) is 0 Å². The van der Waals surface area contributed by atoms with Gasteiger partial charge in [0.05, 0.1) is 0 Å². The molecule has 0 saturated carbocycles. The molecular weight excluding hydrogens is 331 g/mol. The van der Waals surface area contributed by atoms with Crippen LogP contribution < -0.4 is 10.9 Å². The van der Waals surface area contributed by atoms with Gasteiger partial charge in [0.25, 0.3) is 0 Å². The van der Waals surface area contributed by atoms with E-state index in [1.807, 2.05) is 0 Å². The van der Waals surface area contributed by atoms with Crippen LogP contribution in [0.5, 0.6) is 0 Å². The van der Waals surface area contributed by atoms with Gasteiger partial charge in [-0.1, -0.05) is 0 Å². The Bertz CT molecular complexity index is 690. The van der Waals surface area contributed by atoms with Crippen molar-refractivity contribution in [2.24, 2.45) is 0 Å². The smallest absolute Gasteiger partial charge is 0.204 e. The van der Waals surface area contributed by atoms with Crippen LogP contribution in [0, 0.1) is 60.4 Å². The van der Waals surface area contributed by atoms with Crippen LogP contribution in [0.25, 0.3) is 0 Å². The van der Waals surface area contributed by atoms with Crippen molar-refractivity contribution >= 4 is 18.2 Å². The summed E-state index contributed by atoms with van der Waals surface area (Å²) >= 11 is 0. The zero-order valence-corrected chi connectivity index (χ0v) is 11.7. The molecule has 122 valence electrons. The van der Waals surface area contributed by atoms with Gasteiger partial charge < -0.3 is 0 Å². The topological polar surface area (TPSA) is 0 Å². The van der Waals surface area contributed by atoms with Crippen molar-refractivity contribution in [1.29, 1.82) is 0 Å². The van der Waals surface area contributed by atoms with Crippen LogP contribution in [-0.4, -0.2) is 7.28 Å². The molecule has 0 nitrogen and oxygen atoms in total. The highest BCUT2D eigenvalue weighted by Gasteiger charge is 2.29. The average Bonchev–Trinajstić information content (AvgIpc) is 2.54. The van der Waals surface area contributed by atoms with Crippen molar-refractivity contribution in [3.05, 3.63) is 57.7 Å². The Balaban J connectivity index is 2.71. The third-order valence-corrected chi connectivity index (χ3v) is 3.50. The largest absolute Gasteiger partial charge is 0.208 e. The first-order chi connectivity index (χ1) is 10.6. The van der Waals surface area contributed by atoms with Gasteiger partial charge in [0.1, 0.15) is 0 Å². The summed E-state index contributed by atoms with van der Waals surface area (Å²) < 4.78 is 109. The minimum Gasteiger partial charge on any atom is -0.204 e. The van der Waals surface area contributed by atoms with Gasteiger partial charge in [-0.05, 0) is 24.8 Å². The van der Waals surface area contributed by atoms with E-state index < -0.39 is 75.9 Å². The molecule has 0 aromatic heterocycles. The number of rotatable bonds is 2. The van der Waals surface area contributed by atoms with Gasteiger partial charge >= 0.3 is 0 Å². The van der Waals surface area contributed by atoms with E-state index in [2.05, 4.69) is 0 Å². The molecule has 2 rings (SSSR count). The molecule has 9 heteroatoms. The van der Waals surface area contributed by atoms with Crippen LogP contribution in [0.15, 0.2) is 0 Å². The molecule has 0 aliphatic heterocycles. The van der Waals surface area contributed by atoms with E-state index in [9.17, 15) is 35.1 Å². The van der Waals surface area contributed by atoms with Crippen molar-refractivity contribution in [1.82, 2.24) is 0 Å². The normalized spacial score (nSPS) is 11.0. The molecule has 0 atom stereocenters. The van der Waals surface area contributed by atoms with E-state index in [0.717, 1.165) is 13.8 Å². The van der Waals surface area contributed by atoms with Crippen LogP contribution >= 0.6 is 0 Å². The average molecular weight is 338 g/mol. The highest BCUT2D eigenvalue weighted by Crippen LogP contribution is 2.19. The van der Waals surface area contributed by atoms with Gasteiger partial charge in [-0.3, -0.25) is 0 Å². The van der Waals surface area contributed by atoms with Gasteiger partial charge in [-0.15, -0.1) is 0 Å². The van der Waals surface area contributed by atoms with E-state index >= 15 is 0 Å². The van der Waals surface area contributed by atoms with E-state index in [0.29, 0.717) is 0 Å². The maximum atomic E-state index is 13.7. The molecule has 0 unspecified atom stereocenters. The molecule has 0 aliphatic carbocycles. The first-order valence-electron chi connectivity index (χ1n) is 6.22. The zero-order valence-electron chi connectivity index (χ0n) is 11.7. The predicted octanol–water partition coefficient (Wildman–Crippen LogP) is 2.80. The number of halogens is 8. The molecular formula is C14H7BF8. The third kappa shape index (κ3) is 2.57. The molecule has 2 aromatic rings. The van der Waals surface area contributed by atoms with Gasteiger partial charge in [0.2, 0.25) is 7.28 Å². The maximum Gasteiger partial charge on any atom is 0.208 e. The Morgan fingerprint density at radius 1 is 0.435 bits per heavy atom. The van der Waals surface area contributed by atoms with E-state index in [1.54, 1.807) is 0 Å². The summed E-state index contributed by atoms with van der Waals surface area (Å²) in [4.78, 5) is 0. The lowest BCUT2D eigenvalue weighted by Crippen LogP contribution is -2.39. The maximum absolute atomic E-state index is 13.7. The monoisotopic (exact) mass is 338 g/mol. The molecule has 23 heavy (non-hydrogen) atoms. The highest BCUT2D eigenvalue weighted by atomic mass is 19.2. The predicted molar refractivity (Wildman–Crippen MR) is 68.4 cm³/mol. The Labute approximate surface area is 126 Å². The van der Waals surface area contributed by atoms with Crippen LogP contribution in [0.3, 0.4) is 0 Å². The van der Waals surface area contributed by atoms with Crippen molar-refractivity contribution in [2.75, 3.05) is 0 Å². The molecule has 0 bridgehead atoms. The summed E-state index contributed by atoms with van der Waals surface area (Å²) in [5, 5.41) is 0. The van der Waals surface area contributed by atoms with E-state index in [4.69, 9.17) is 0 Å². The van der Waals surface area contributed by atoms with Crippen molar-refractivity contribution in [2.45, 2.75) is 13.8 Å². The summed E-state index contributed by atoms with van der Waals surface area (Å²) in [6, 6.07) is 0. The summed E-state index contributed by atoms with van der Waals surface area (Å²) in [5.74, 6) is -14.6. The summed E-state index contributed by atoms with van der Waals surface area (Å²) in [7, 11) is -1.41. The fourth-order valence-electron chi connectivity index (χ4n) is 2.06. The van der Waals surface area contributed by atoms with E-state index in [1.165, 1.54) is 0 Å². The first kappa shape index (κ1) is 17.3. The van der Waals surface area contributed by atoms with Crippen molar-refractivity contribution < 1.29 is 35.1 Å². The molecule has 0 fully saturated rings. The lowest BCUT2D eigenvalue weighted by molar-refractivity contribution is 0.451. The van der Waals surface area contributed by atoms with Gasteiger partial charge in [0, 0.05) is 11.1 Å². The quantitative estimate of drug-likeness (QED) is 0.449. The van der Waals surface area contributed by atoms with Gasteiger partial charge in [-0.25, -0.2) is 35.1 Å². The standard InChI is InChI=1S/C14H7BF8/c1-3-7(16)11(20)5(12(21)8(3)17)15-6-13(22)9(18)4(2)10(19)14(6)23/h15H,1-2H3. The second-order valence-corrected chi connectivity index (χ2v) is 4.90. The van der Waals surface area contributed by atoms with Crippen LogP contribution in [0.2, 0.25) is 0 Å². The minimum absolute atomic E-state index is 0.757. The molecule has 0 N–H and O–H groups in total. The zero-order chi connectivity index (χ0) is 17.6. The Morgan fingerprint density at radius 3 is 0.870 bits per heavy atom. The third-order valence-electron chi connectivity index (χ3n) is 3.50. The Hall–Kier alpha value is -2.06. The first-order valence-corrected chi connectivity index (χ1v) is 6.22. The number of hydrogen-bond acceptors (Lipinski definition) is 0. The molecule has 0 spiro atoms. The van der Waals surface area contributed by atoms with Crippen LogP contribution in [0.4, 0.5) is 35.1 Å². The summed E-state index contributed by atoms with van der Waals surface area (Å²) in [6.07, 6.45) is 0. The fraction of sp³-hybridized carbons (Fsp3) is 0.143. The van der Waals surface area contributed by atoms with E-state index in [-0.39, 0.29) is 0 Å².